The number of alkyl halides is 1. The minimum absolute atomic E-state index is 0.191. The summed E-state index contributed by atoms with van der Waals surface area (Å²) in [5, 5.41) is 14.2. The van der Waals surface area contributed by atoms with Gasteiger partial charge in [0.05, 0.1) is 0 Å². The van der Waals surface area contributed by atoms with Gasteiger partial charge in [0.25, 0.3) is 5.89 Å². The smallest absolute Gasteiger partial charge is 0.258 e. The molecule has 0 saturated heterocycles. The molecule has 1 aromatic heterocycles. The van der Waals surface area contributed by atoms with E-state index < -0.39 is 0 Å². The second kappa shape index (κ2) is 7.63. The molecule has 0 saturated carbocycles. The number of hydrogen-bond acceptors (Lipinski definition) is 5. The topological polar surface area (TPSA) is 68.4 Å². The molecular weight excluding hydrogens is 408 g/mol. The van der Waals surface area contributed by atoms with E-state index in [1.807, 2.05) is 48.5 Å². The summed E-state index contributed by atoms with van der Waals surface area (Å²) in [6.07, 6.45) is 0. The summed E-state index contributed by atoms with van der Waals surface area (Å²) in [6, 6.07) is 22.0. The third kappa shape index (κ3) is 4.01. The van der Waals surface area contributed by atoms with Crippen LogP contribution < -0.4 is 4.74 Å². The van der Waals surface area contributed by atoms with Crippen molar-refractivity contribution in [1.29, 1.82) is 0 Å². The Hall–Kier alpha value is -3.12. The predicted molar refractivity (Wildman–Crippen MR) is 106 cm³/mol. The molecule has 0 aliphatic heterocycles. The van der Waals surface area contributed by atoms with Gasteiger partial charge in [-0.2, -0.15) is 4.98 Å². The number of aromatic hydroxyl groups is 1. The van der Waals surface area contributed by atoms with E-state index in [-0.39, 0.29) is 5.75 Å². The van der Waals surface area contributed by atoms with Gasteiger partial charge in [0.2, 0.25) is 5.82 Å². The fraction of sp³-hybridized carbons (Fsp3) is 0.0476. The third-order valence-electron chi connectivity index (χ3n) is 3.94. The zero-order valence-electron chi connectivity index (χ0n) is 14.2. The molecule has 27 heavy (non-hydrogen) atoms. The van der Waals surface area contributed by atoms with Gasteiger partial charge in [-0.05, 0) is 66.2 Å². The van der Waals surface area contributed by atoms with E-state index in [9.17, 15) is 5.11 Å². The van der Waals surface area contributed by atoms with Crippen molar-refractivity contribution in [3.8, 4) is 40.1 Å². The molecule has 0 bridgehead atoms. The largest absolute Gasteiger partial charge is 0.508 e. The molecule has 1 N–H and O–H groups in total. The number of rotatable bonds is 5. The van der Waals surface area contributed by atoms with Crippen LogP contribution in [0.15, 0.2) is 77.3 Å². The van der Waals surface area contributed by atoms with Crippen molar-refractivity contribution in [2.75, 3.05) is 0 Å². The van der Waals surface area contributed by atoms with Crippen molar-refractivity contribution in [3.63, 3.8) is 0 Å². The average molecular weight is 423 g/mol. The van der Waals surface area contributed by atoms with Gasteiger partial charge in [0.1, 0.15) is 17.2 Å². The second-order valence-electron chi connectivity index (χ2n) is 5.88. The van der Waals surface area contributed by atoms with Crippen LogP contribution in [0.1, 0.15) is 5.56 Å². The summed E-state index contributed by atoms with van der Waals surface area (Å²) in [6.45, 7) is 0. The van der Waals surface area contributed by atoms with Gasteiger partial charge < -0.3 is 14.4 Å². The molecule has 0 spiro atoms. The highest BCUT2D eigenvalue weighted by atomic mass is 79.9. The van der Waals surface area contributed by atoms with Crippen LogP contribution in [0.2, 0.25) is 0 Å². The normalized spacial score (nSPS) is 10.7. The van der Waals surface area contributed by atoms with Gasteiger partial charge in [0, 0.05) is 16.5 Å². The zero-order valence-corrected chi connectivity index (χ0v) is 15.8. The number of benzene rings is 3. The van der Waals surface area contributed by atoms with Crippen molar-refractivity contribution >= 4 is 15.9 Å². The van der Waals surface area contributed by atoms with Crippen LogP contribution in [-0.2, 0) is 5.33 Å². The average Bonchev–Trinajstić information content (AvgIpc) is 3.19. The summed E-state index contributed by atoms with van der Waals surface area (Å²) in [7, 11) is 0. The van der Waals surface area contributed by atoms with E-state index in [2.05, 4.69) is 26.1 Å². The van der Waals surface area contributed by atoms with E-state index in [4.69, 9.17) is 9.26 Å². The van der Waals surface area contributed by atoms with E-state index in [0.29, 0.717) is 11.7 Å². The molecule has 0 radical (unpaired) electrons. The first-order valence-corrected chi connectivity index (χ1v) is 9.40. The van der Waals surface area contributed by atoms with E-state index >= 15 is 0 Å². The highest BCUT2D eigenvalue weighted by Crippen LogP contribution is 2.27. The zero-order chi connectivity index (χ0) is 18.6. The minimum atomic E-state index is 0.191. The van der Waals surface area contributed by atoms with Crippen LogP contribution in [0.5, 0.6) is 17.2 Å². The molecule has 6 heteroatoms. The second-order valence-corrected chi connectivity index (χ2v) is 6.44. The van der Waals surface area contributed by atoms with Crippen LogP contribution in [0.25, 0.3) is 22.8 Å². The molecule has 4 rings (SSSR count). The van der Waals surface area contributed by atoms with Gasteiger partial charge >= 0.3 is 0 Å². The lowest BCUT2D eigenvalue weighted by atomic mass is 10.2. The standard InChI is InChI=1S/C21H15BrN2O3/c22-13-14-2-1-3-19(12-14)26-18-10-6-15(7-11-18)20-23-21(27-24-20)16-4-8-17(25)9-5-16/h1-12,25H,13H2. The molecule has 5 nitrogen and oxygen atoms in total. The number of ether oxygens (including phenoxy) is 1. The maximum absolute atomic E-state index is 9.37. The quantitative estimate of drug-likeness (QED) is 0.411. The van der Waals surface area contributed by atoms with Crippen molar-refractivity contribution in [2.24, 2.45) is 0 Å². The first-order chi connectivity index (χ1) is 13.2. The van der Waals surface area contributed by atoms with Crippen molar-refractivity contribution in [3.05, 3.63) is 78.4 Å². The SMILES string of the molecule is Oc1ccc(-c2nc(-c3ccc(Oc4cccc(CBr)c4)cc3)no2)cc1. The minimum Gasteiger partial charge on any atom is -0.508 e. The summed E-state index contributed by atoms with van der Waals surface area (Å²) < 4.78 is 11.2. The highest BCUT2D eigenvalue weighted by Gasteiger charge is 2.11. The third-order valence-corrected chi connectivity index (χ3v) is 4.59. The van der Waals surface area contributed by atoms with Crippen molar-refractivity contribution in [1.82, 2.24) is 10.1 Å². The fourth-order valence-electron chi connectivity index (χ4n) is 2.56. The molecule has 0 atom stereocenters. The molecule has 0 unspecified atom stereocenters. The lowest BCUT2D eigenvalue weighted by Crippen LogP contribution is -1.87. The van der Waals surface area contributed by atoms with Gasteiger partial charge in [-0.25, -0.2) is 0 Å². The van der Waals surface area contributed by atoms with E-state index in [1.165, 1.54) is 0 Å². The molecule has 1 heterocycles. The Labute approximate surface area is 164 Å². The molecule has 134 valence electrons. The summed E-state index contributed by atoms with van der Waals surface area (Å²) in [5.41, 5.74) is 2.72. The summed E-state index contributed by atoms with van der Waals surface area (Å²) >= 11 is 3.44. The Kier molecular flexibility index (Phi) is 4.89. The summed E-state index contributed by atoms with van der Waals surface area (Å²) in [4.78, 5) is 4.41. The lowest BCUT2D eigenvalue weighted by Gasteiger charge is -2.07. The Bertz CT molecular complexity index is 1040. The first-order valence-electron chi connectivity index (χ1n) is 8.27. The van der Waals surface area contributed by atoms with Crippen LogP contribution in [0, 0.1) is 0 Å². The number of phenols is 1. The lowest BCUT2D eigenvalue weighted by molar-refractivity contribution is 0.432. The van der Waals surface area contributed by atoms with Gasteiger partial charge in [-0.3, -0.25) is 0 Å². The predicted octanol–water partition coefficient (Wildman–Crippen LogP) is 5.80. The molecule has 0 aliphatic carbocycles. The maximum Gasteiger partial charge on any atom is 0.258 e. The first kappa shape index (κ1) is 17.3. The van der Waals surface area contributed by atoms with Crippen LogP contribution >= 0.6 is 15.9 Å². The molecule has 0 fully saturated rings. The number of halogens is 1. The Balaban J connectivity index is 1.51. The molecule has 0 amide bonds. The van der Waals surface area contributed by atoms with Crippen LogP contribution in [0.4, 0.5) is 0 Å². The highest BCUT2D eigenvalue weighted by molar-refractivity contribution is 9.08. The van der Waals surface area contributed by atoms with Crippen molar-refractivity contribution < 1.29 is 14.4 Å². The summed E-state index contributed by atoms with van der Waals surface area (Å²) in [5.74, 6) is 2.60. The number of aromatic nitrogens is 2. The van der Waals surface area contributed by atoms with Crippen LogP contribution in [0.3, 0.4) is 0 Å². The van der Waals surface area contributed by atoms with Gasteiger partial charge in [-0.15, -0.1) is 0 Å². The fourth-order valence-corrected chi connectivity index (χ4v) is 2.91. The Morgan fingerprint density at radius 1 is 0.889 bits per heavy atom. The van der Waals surface area contributed by atoms with Crippen molar-refractivity contribution in [2.45, 2.75) is 5.33 Å². The Morgan fingerprint density at radius 3 is 2.37 bits per heavy atom. The Morgan fingerprint density at radius 2 is 1.63 bits per heavy atom. The van der Waals surface area contributed by atoms with E-state index in [0.717, 1.165) is 33.5 Å². The van der Waals surface area contributed by atoms with E-state index in [1.54, 1.807) is 24.3 Å². The number of phenolic OH excluding ortho intramolecular Hbond substituents is 1. The molecule has 4 aromatic rings. The van der Waals surface area contributed by atoms with Crippen LogP contribution in [-0.4, -0.2) is 15.2 Å². The number of hydrogen-bond donors (Lipinski definition) is 1. The molecule has 0 aliphatic rings. The maximum atomic E-state index is 9.37. The molecular formula is C21H15BrN2O3. The van der Waals surface area contributed by atoms with Gasteiger partial charge in [0.15, 0.2) is 0 Å². The number of nitrogens with zero attached hydrogens (tertiary/aromatic N) is 2. The van der Waals surface area contributed by atoms with Gasteiger partial charge in [-0.1, -0.05) is 33.2 Å². The monoisotopic (exact) mass is 422 g/mol. The molecule has 3 aromatic carbocycles.